The quantitative estimate of drug-likeness (QED) is 0.386. The lowest BCUT2D eigenvalue weighted by Crippen LogP contribution is -2.57. The Labute approximate surface area is 249 Å². The third kappa shape index (κ3) is 7.08. The Morgan fingerprint density at radius 1 is 1.16 bits per heavy atom. The van der Waals surface area contributed by atoms with Gasteiger partial charge in [0.05, 0.1) is 36.7 Å². The molecule has 2 aromatic carbocycles. The Hall–Kier alpha value is -4.58. The molecule has 10 nitrogen and oxygen atoms in total. The first kappa shape index (κ1) is 31.4. The largest absolute Gasteiger partial charge is 0.496 e. The van der Waals surface area contributed by atoms with Crippen molar-refractivity contribution in [3.63, 3.8) is 0 Å². The average molecular weight is 596 g/mol. The van der Waals surface area contributed by atoms with E-state index in [2.05, 4.69) is 21.9 Å². The molecule has 3 aromatic rings. The van der Waals surface area contributed by atoms with Crippen molar-refractivity contribution in [1.82, 2.24) is 14.9 Å². The molecule has 1 aromatic heterocycles. The van der Waals surface area contributed by atoms with Crippen LogP contribution in [0, 0.1) is 11.6 Å². The highest BCUT2D eigenvalue weighted by atomic mass is 19.1. The number of anilines is 2. The zero-order chi connectivity index (χ0) is 31.5. The van der Waals surface area contributed by atoms with Crippen molar-refractivity contribution in [1.29, 1.82) is 0 Å². The number of nitrogens with one attached hydrogen (secondary N) is 1. The summed E-state index contributed by atoms with van der Waals surface area (Å²) in [5.41, 5.74) is 0.514. The Balaban J connectivity index is 1.66. The first-order chi connectivity index (χ1) is 20.3. The lowest BCUT2D eigenvalue weighted by atomic mass is 10.0. The molecule has 2 heterocycles. The van der Waals surface area contributed by atoms with Crippen LogP contribution in [0.2, 0.25) is 0 Å². The van der Waals surface area contributed by atoms with E-state index in [4.69, 9.17) is 9.47 Å². The number of methoxy groups -OCH3 is 1. The maximum Gasteiger partial charge on any atom is 0.410 e. The molecule has 1 fully saturated rings. The number of hydrogen-bond acceptors (Lipinski definition) is 8. The van der Waals surface area contributed by atoms with E-state index in [0.717, 1.165) is 0 Å². The van der Waals surface area contributed by atoms with Crippen LogP contribution in [0.5, 0.6) is 5.75 Å². The molecule has 1 saturated heterocycles. The van der Waals surface area contributed by atoms with Gasteiger partial charge in [-0.3, -0.25) is 9.69 Å². The number of carbonyl (C=O) groups excluding carboxylic acids is 2. The minimum absolute atomic E-state index is 0.00454. The molecule has 1 atom stereocenters. The smallest absolute Gasteiger partial charge is 0.410 e. The van der Waals surface area contributed by atoms with Crippen molar-refractivity contribution in [2.24, 2.45) is 0 Å². The molecule has 0 radical (unpaired) electrons. The summed E-state index contributed by atoms with van der Waals surface area (Å²) in [6.45, 7) is 11.2. The van der Waals surface area contributed by atoms with Crippen LogP contribution in [-0.4, -0.2) is 77.0 Å². The molecule has 0 saturated carbocycles. The van der Waals surface area contributed by atoms with Crippen LogP contribution in [0.4, 0.5) is 25.0 Å². The number of ether oxygens (including phenoxy) is 2. The summed E-state index contributed by atoms with van der Waals surface area (Å²) in [6, 6.07) is 7.75. The van der Waals surface area contributed by atoms with Crippen molar-refractivity contribution >= 4 is 28.9 Å². The van der Waals surface area contributed by atoms with E-state index in [9.17, 15) is 19.1 Å². The van der Waals surface area contributed by atoms with Crippen LogP contribution in [0.25, 0.3) is 17.0 Å². The molecule has 43 heavy (non-hydrogen) atoms. The van der Waals surface area contributed by atoms with E-state index < -0.39 is 35.3 Å². The van der Waals surface area contributed by atoms with Crippen molar-refractivity contribution in [2.75, 3.05) is 43.6 Å². The van der Waals surface area contributed by atoms with Crippen molar-refractivity contribution in [2.45, 2.75) is 39.3 Å². The zero-order valence-corrected chi connectivity index (χ0v) is 24.8. The Kier molecular flexibility index (Phi) is 9.29. The molecule has 1 unspecified atom stereocenters. The van der Waals surface area contributed by atoms with Gasteiger partial charge in [-0.1, -0.05) is 12.6 Å². The minimum Gasteiger partial charge on any atom is -0.496 e. The van der Waals surface area contributed by atoms with E-state index in [-0.39, 0.29) is 53.8 Å². The highest BCUT2D eigenvalue weighted by Crippen LogP contribution is 2.34. The summed E-state index contributed by atoms with van der Waals surface area (Å²) in [5, 5.41) is 12.8. The highest BCUT2D eigenvalue weighted by molar-refractivity contribution is 6.05. The monoisotopic (exact) mass is 595 g/mol. The van der Waals surface area contributed by atoms with Gasteiger partial charge in [-0.2, -0.15) is 0 Å². The van der Waals surface area contributed by atoms with Gasteiger partial charge in [0, 0.05) is 37.5 Å². The van der Waals surface area contributed by atoms with Gasteiger partial charge in [0.1, 0.15) is 28.7 Å². The number of aliphatic hydroxyl groups excluding tert-OH is 1. The second-order valence-corrected chi connectivity index (χ2v) is 11.1. The SMILES string of the molecule is C=C(C)c1cc(N2CCN(C(=O)OC(C)(C)C)C(CO)C2)c(NC(=O)c2ccnc(-c3c(F)cccc3OC)n2)cc1F. The number of aromatic nitrogens is 2. The van der Waals surface area contributed by atoms with Gasteiger partial charge in [-0.05, 0) is 57.5 Å². The fraction of sp³-hybridized carbons (Fsp3) is 0.355. The van der Waals surface area contributed by atoms with E-state index in [1.807, 2.05) is 4.90 Å². The number of rotatable bonds is 7. The second-order valence-electron chi connectivity index (χ2n) is 11.1. The van der Waals surface area contributed by atoms with Crippen LogP contribution in [0.3, 0.4) is 0 Å². The number of hydrogen-bond donors (Lipinski definition) is 2. The molecule has 12 heteroatoms. The summed E-state index contributed by atoms with van der Waals surface area (Å²) in [6.07, 6.45) is 0.767. The Morgan fingerprint density at radius 2 is 1.91 bits per heavy atom. The number of benzene rings is 2. The number of amides is 2. The average Bonchev–Trinajstić information content (AvgIpc) is 2.95. The number of halogens is 2. The van der Waals surface area contributed by atoms with E-state index in [1.54, 1.807) is 39.8 Å². The Bertz CT molecular complexity index is 1540. The minimum atomic E-state index is -0.711. The molecule has 1 aliphatic rings. The van der Waals surface area contributed by atoms with Crippen LogP contribution in [0.15, 0.2) is 49.2 Å². The van der Waals surface area contributed by atoms with Crippen molar-refractivity contribution in [3.8, 4) is 17.1 Å². The molecule has 0 bridgehead atoms. The van der Waals surface area contributed by atoms with Crippen LogP contribution >= 0.6 is 0 Å². The van der Waals surface area contributed by atoms with Gasteiger partial charge in [0.15, 0.2) is 5.82 Å². The fourth-order valence-electron chi connectivity index (χ4n) is 4.73. The molecule has 1 aliphatic heterocycles. The van der Waals surface area contributed by atoms with Crippen molar-refractivity contribution in [3.05, 3.63) is 72.1 Å². The summed E-state index contributed by atoms with van der Waals surface area (Å²) >= 11 is 0. The molecule has 2 amide bonds. The lowest BCUT2D eigenvalue weighted by molar-refractivity contribution is 0.00705. The normalized spacial score (nSPS) is 15.2. The van der Waals surface area contributed by atoms with Gasteiger partial charge >= 0.3 is 6.09 Å². The molecule has 228 valence electrons. The van der Waals surface area contributed by atoms with Crippen molar-refractivity contribution < 1.29 is 33.0 Å². The van der Waals surface area contributed by atoms with Crippen LogP contribution in [-0.2, 0) is 4.74 Å². The van der Waals surface area contributed by atoms with E-state index in [1.165, 1.54) is 42.5 Å². The predicted molar refractivity (Wildman–Crippen MR) is 159 cm³/mol. The maximum atomic E-state index is 15.2. The van der Waals surface area contributed by atoms with Crippen LogP contribution in [0.1, 0.15) is 43.7 Å². The second kappa shape index (κ2) is 12.7. The molecule has 0 aliphatic carbocycles. The van der Waals surface area contributed by atoms with Gasteiger partial charge in [-0.25, -0.2) is 23.5 Å². The van der Waals surface area contributed by atoms with Gasteiger partial charge < -0.3 is 24.8 Å². The number of aliphatic hydroxyl groups is 1. The van der Waals surface area contributed by atoms with Gasteiger partial charge in [0.25, 0.3) is 5.91 Å². The number of nitrogens with zero attached hydrogens (tertiary/aromatic N) is 4. The molecular weight excluding hydrogens is 560 g/mol. The zero-order valence-electron chi connectivity index (χ0n) is 24.8. The summed E-state index contributed by atoms with van der Waals surface area (Å²) in [4.78, 5) is 37.9. The molecule has 2 N–H and O–H groups in total. The predicted octanol–water partition coefficient (Wildman–Crippen LogP) is 5.13. The Morgan fingerprint density at radius 3 is 2.56 bits per heavy atom. The van der Waals surface area contributed by atoms with Crippen LogP contribution < -0.4 is 15.0 Å². The molecular formula is C31H35F2N5O5. The number of allylic oxidation sites excluding steroid dienone is 1. The first-order valence-corrected chi connectivity index (χ1v) is 13.6. The highest BCUT2D eigenvalue weighted by Gasteiger charge is 2.34. The molecule has 0 spiro atoms. The third-order valence-electron chi connectivity index (χ3n) is 6.76. The lowest BCUT2D eigenvalue weighted by Gasteiger charge is -2.42. The molecule has 4 rings (SSSR count). The first-order valence-electron chi connectivity index (χ1n) is 13.6. The summed E-state index contributed by atoms with van der Waals surface area (Å²) < 4.78 is 40.6. The standard InChI is InChI=1S/C31H35F2N5O5/c1-18(2)20-14-25(37-12-13-38(19(16-37)17-39)30(41)43-31(3,4)5)24(15-22(20)33)36-29(40)23-10-11-34-28(35-23)27-21(32)8-7-9-26(27)42-6/h7-11,14-15,19,39H,1,12-13,16-17H2,2-6H3,(H,36,40). The van der Waals surface area contributed by atoms with Gasteiger partial charge in [-0.15, -0.1) is 0 Å². The maximum absolute atomic E-state index is 15.2. The topological polar surface area (TPSA) is 117 Å². The van der Waals surface area contributed by atoms with Gasteiger partial charge in [0.2, 0.25) is 0 Å². The fourth-order valence-corrected chi connectivity index (χ4v) is 4.73. The number of carbonyl (C=O) groups is 2. The number of piperazine rings is 1. The summed E-state index contributed by atoms with van der Waals surface area (Å²) in [7, 11) is 1.38. The van der Waals surface area contributed by atoms with E-state index in [0.29, 0.717) is 17.8 Å². The third-order valence-corrected chi connectivity index (χ3v) is 6.76. The summed E-state index contributed by atoms with van der Waals surface area (Å²) in [5.74, 6) is -1.77. The van der Waals surface area contributed by atoms with E-state index >= 15 is 4.39 Å².